The second kappa shape index (κ2) is 9.07. The molecular weight excluding hydrogens is 396 g/mol. The van der Waals surface area contributed by atoms with E-state index in [2.05, 4.69) is 22.4 Å². The molecule has 1 heterocycles. The molecule has 158 valence electrons. The number of hydrogen-bond donors (Lipinski definition) is 3. The molecule has 3 N–H and O–H groups in total. The third kappa shape index (κ3) is 4.33. The van der Waals surface area contributed by atoms with Crippen LogP contribution in [0, 0.1) is 0 Å². The van der Waals surface area contributed by atoms with Crippen LogP contribution in [0.1, 0.15) is 39.2 Å². The summed E-state index contributed by atoms with van der Waals surface area (Å²) in [5.41, 5.74) is 5.06. The maximum atomic E-state index is 12.2. The molecule has 7 heteroatoms. The molecule has 0 radical (unpaired) electrons. The molecule has 2 aromatic carbocycles. The minimum absolute atomic E-state index is 0.0592. The Hall–Kier alpha value is -3.55. The number of nitrogens with zero attached hydrogens (tertiary/aromatic N) is 1. The van der Waals surface area contributed by atoms with Gasteiger partial charge in [0, 0.05) is 24.2 Å². The molecule has 2 unspecified atom stereocenters. The van der Waals surface area contributed by atoms with Crippen molar-refractivity contribution < 1.29 is 24.5 Å². The standard InChI is InChI=1S/C24H22N2O5/c27-13-16-10-9-15(11-25-16)23(29)22(28)12-26-24(30)31-14-21-19-7-3-1-5-17(19)18-6-2-4-8-20(18)21/h1-11,13,21-23,28-29H,12,14H2,(H,26,30). The number of aliphatic hydroxyl groups is 2. The Morgan fingerprint density at radius 2 is 1.68 bits per heavy atom. The summed E-state index contributed by atoms with van der Waals surface area (Å²) in [7, 11) is 0. The lowest BCUT2D eigenvalue weighted by molar-refractivity contribution is 0.0183. The number of hydrogen-bond acceptors (Lipinski definition) is 6. The zero-order valence-electron chi connectivity index (χ0n) is 16.6. The molecule has 0 fully saturated rings. The second-order valence-electron chi connectivity index (χ2n) is 7.35. The molecule has 0 aliphatic heterocycles. The molecule has 1 amide bonds. The first-order valence-corrected chi connectivity index (χ1v) is 9.94. The quantitative estimate of drug-likeness (QED) is 0.509. The number of alkyl carbamates (subject to hydrolysis) is 1. The molecule has 31 heavy (non-hydrogen) atoms. The first-order valence-electron chi connectivity index (χ1n) is 9.94. The lowest BCUT2D eigenvalue weighted by atomic mass is 9.98. The first kappa shape index (κ1) is 20.7. The summed E-state index contributed by atoms with van der Waals surface area (Å²) in [4.78, 5) is 26.7. The lowest BCUT2D eigenvalue weighted by Gasteiger charge is -2.19. The van der Waals surface area contributed by atoms with Crippen molar-refractivity contribution >= 4 is 12.4 Å². The fourth-order valence-corrected chi connectivity index (χ4v) is 3.83. The zero-order valence-corrected chi connectivity index (χ0v) is 16.6. The van der Waals surface area contributed by atoms with Crippen molar-refractivity contribution in [3.05, 3.63) is 89.2 Å². The van der Waals surface area contributed by atoms with Crippen molar-refractivity contribution in [2.75, 3.05) is 13.2 Å². The monoisotopic (exact) mass is 418 g/mol. The molecule has 0 saturated carbocycles. The molecule has 1 aromatic heterocycles. The highest BCUT2D eigenvalue weighted by Crippen LogP contribution is 2.44. The average Bonchev–Trinajstić information content (AvgIpc) is 3.14. The number of aldehydes is 1. The van der Waals surface area contributed by atoms with E-state index in [9.17, 15) is 19.8 Å². The maximum Gasteiger partial charge on any atom is 0.407 e. The Bertz CT molecular complexity index is 1040. The van der Waals surface area contributed by atoms with Gasteiger partial charge in [0.25, 0.3) is 0 Å². The van der Waals surface area contributed by atoms with E-state index < -0.39 is 18.3 Å². The normalized spacial score (nSPS) is 14.3. The lowest BCUT2D eigenvalue weighted by Crippen LogP contribution is -2.36. The molecule has 2 atom stereocenters. The third-order valence-electron chi connectivity index (χ3n) is 5.44. The highest BCUT2D eigenvalue weighted by atomic mass is 16.5. The Morgan fingerprint density at radius 1 is 1.03 bits per heavy atom. The summed E-state index contributed by atoms with van der Waals surface area (Å²) in [6.07, 6.45) is -1.30. The number of pyridine rings is 1. The summed E-state index contributed by atoms with van der Waals surface area (Å²) >= 11 is 0. The molecule has 4 rings (SSSR count). The van der Waals surface area contributed by atoms with Crippen molar-refractivity contribution in [1.29, 1.82) is 0 Å². The van der Waals surface area contributed by atoms with E-state index in [0.717, 1.165) is 22.3 Å². The van der Waals surface area contributed by atoms with Crippen LogP contribution in [0.5, 0.6) is 0 Å². The van der Waals surface area contributed by atoms with Gasteiger partial charge in [0.1, 0.15) is 24.5 Å². The van der Waals surface area contributed by atoms with E-state index in [-0.39, 0.29) is 24.8 Å². The number of benzene rings is 2. The molecule has 0 spiro atoms. The van der Waals surface area contributed by atoms with Gasteiger partial charge in [-0.2, -0.15) is 0 Å². The van der Waals surface area contributed by atoms with Crippen LogP contribution in [0.3, 0.4) is 0 Å². The van der Waals surface area contributed by atoms with Gasteiger partial charge >= 0.3 is 6.09 Å². The van der Waals surface area contributed by atoms with E-state index >= 15 is 0 Å². The zero-order chi connectivity index (χ0) is 21.8. The number of aliphatic hydroxyl groups excluding tert-OH is 2. The van der Waals surface area contributed by atoms with Crippen molar-refractivity contribution in [1.82, 2.24) is 10.3 Å². The van der Waals surface area contributed by atoms with E-state index in [1.807, 2.05) is 36.4 Å². The third-order valence-corrected chi connectivity index (χ3v) is 5.44. The number of fused-ring (bicyclic) bond motifs is 3. The molecule has 0 saturated heterocycles. The summed E-state index contributed by atoms with van der Waals surface area (Å²) < 4.78 is 5.41. The van der Waals surface area contributed by atoms with Gasteiger partial charge in [0.05, 0.1) is 0 Å². The molecule has 3 aromatic rings. The van der Waals surface area contributed by atoms with Crippen molar-refractivity contribution in [3.8, 4) is 11.1 Å². The van der Waals surface area contributed by atoms with Crippen LogP contribution in [-0.4, -0.2) is 46.8 Å². The van der Waals surface area contributed by atoms with Crippen molar-refractivity contribution in [2.45, 2.75) is 18.1 Å². The van der Waals surface area contributed by atoms with E-state index in [1.165, 1.54) is 18.3 Å². The van der Waals surface area contributed by atoms with Crippen LogP contribution in [0.15, 0.2) is 66.9 Å². The van der Waals surface area contributed by atoms with Crippen LogP contribution in [0.2, 0.25) is 0 Å². The second-order valence-corrected chi connectivity index (χ2v) is 7.35. The summed E-state index contributed by atoms with van der Waals surface area (Å²) in [6, 6.07) is 19.0. The number of aromatic nitrogens is 1. The van der Waals surface area contributed by atoms with Gasteiger partial charge in [-0.05, 0) is 28.3 Å². The number of carbonyl (C=O) groups excluding carboxylic acids is 2. The van der Waals surface area contributed by atoms with Gasteiger partial charge in [-0.1, -0.05) is 54.6 Å². The van der Waals surface area contributed by atoms with Crippen LogP contribution in [0.4, 0.5) is 4.79 Å². The van der Waals surface area contributed by atoms with E-state index in [4.69, 9.17) is 4.74 Å². The summed E-state index contributed by atoms with van der Waals surface area (Å²) in [6.45, 7) is -0.0388. The minimum Gasteiger partial charge on any atom is -0.449 e. The van der Waals surface area contributed by atoms with Gasteiger partial charge in [-0.25, -0.2) is 4.79 Å². The first-order chi connectivity index (χ1) is 15.1. The SMILES string of the molecule is O=Cc1ccc(C(O)C(O)CNC(=O)OCC2c3ccccc3-c3ccccc32)cn1. The largest absolute Gasteiger partial charge is 0.449 e. The van der Waals surface area contributed by atoms with Crippen LogP contribution < -0.4 is 5.32 Å². The predicted octanol–water partition coefficient (Wildman–Crippen LogP) is 2.83. The molecule has 1 aliphatic rings. The van der Waals surface area contributed by atoms with Gasteiger partial charge < -0.3 is 20.3 Å². The Kier molecular flexibility index (Phi) is 6.06. The Labute approximate surface area is 179 Å². The highest BCUT2D eigenvalue weighted by molar-refractivity contribution is 5.79. The van der Waals surface area contributed by atoms with Crippen molar-refractivity contribution in [2.24, 2.45) is 0 Å². The molecule has 1 aliphatic carbocycles. The number of ether oxygens (including phenoxy) is 1. The van der Waals surface area contributed by atoms with Crippen molar-refractivity contribution in [3.63, 3.8) is 0 Å². The fourth-order valence-electron chi connectivity index (χ4n) is 3.83. The topological polar surface area (TPSA) is 109 Å². The van der Waals surface area contributed by atoms with Crippen LogP contribution >= 0.6 is 0 Å². The molecular formula is C24H22N2O5. The van der Waals surface area contributed by atoms with Crippen LogP contribution in [0.25, 0.3) is 11.1 Å². The number of nitrogens with one attached hydrogen (secondary N) is 1. The molecule has 7 nitrogen and oxygen atoms in total. The van der Waals surface area contributed by atoms with Crippen LogP contribution in [-0.2, 0) is 4.74 Å². The van der Waals surface area contributed by atoms with Gasteiger partial charge in [0.2, 0.25) is 0 Å². The predicted molar refractivity (Wildman–Crippen MR) is 114 cm³/mol. The smallest absolute Gasteiger partial charge is 0.407 e. The van der Waals surface area contributed by atoms with E-state index in [0.29, 0.717) is 11.8 Å². The number of amides is 1. The average molecular weight is 418 g/mol. The maximum absolute atomic E-state index is 12.2. The van der Waals surface area contributed by atoms with Gasteiger partial charge in [0.15, 0.2) is 6.29 Å². The Balaban J connectivity index is 1.33. The Morgan fingerprint density at radius 3 is 2.26 bits per heavy atom. The fraction of sp³-hybridized carbons (Fsp3) is 0.208. The van der Waals surface area contributed by atoms with Gasteiger partial charge in [-0.15, -0.1) is 0 Å². The molecule has 0 bridgehead atoms. The number of rotatable bonds is 7. The summed E-state index contributed by atoms with van der Waals surface area (Å²) in [5, 5.41) is 22.9. The number of carbonyl (C=O) groups is 2. The van der Waals surface area contributed by atoms with E-state index in [1.54, 1.807) is 0 Å². The highest BCUT2D eigenvalue weighted by Gasteiger charge is 2.29. The minimum atomic E-state index is -1.26. The summed E-state index contributed by atoms with van der Waals surface area (Å²) in [5.74, 6) is -0.0592. The van der Waals surface area contributed by atoms with Gasteiger partial charge in [-0.3, -0.25) is 9.78 Å².